The Hall–Kier alpha value is -1.82. The van der Waals surface area contributed by atoms with E-state index in [-0.39, 0.29) is 6.04 Å². The first-order valence-electron chi connectivity index (χ1n) is 7.01. The van der Waals surface area contributed by atoms with E-state index in [1.165, 1.54) is 0 Å². The molecule has 1 aliphatic heterocycles. The van der Waals surface area contributed by atoms with Gasteiger partial charge in [-0.2, -0.15) is 0 Å². The standard InChI is InChI=1S/C16H18BNO3/c1-10-15(8-5-13-9-20-17(19)16(10)13)21-14-6-3-12(4-7-14)11(2)18/h3-8,11,19H,9,18H2,1-2H3. The molecule has 0 spiro atoms. The molecular weight excluding hydrogens is 265 g/mol. The summed E-state index contributed by atoms with van der Waals surface area (Å²) in [7, 11) is -0.857. The number of nitrogens with two attached hydrogens (primary N) is 1. The number of rotatable bonds is 3. The Morgan fingerprint density at radius 2 is 1.95 bits per heavy atom. The Labute approximate surface area is 124 Å². The van der Waals surface area contributed by atoms with Crippen molar-refractivity contribution in [3.8, 4) is 11.5 Å². The Kier molecular flexibility index (Phi) is 3.72. The van der Waals surface area contributed by atoms with Gasteiger partial charge in [0, 0.05) is 6.04 Å². The van der Waals surface area contributed by atoms with Gasteiger partial charge in [-0.05, 0) is 54.2 Å². The molecule has 1 heterocycles. The SMILES string of the molecule is Cc1c(Oc2ccc(C(C)N)cc2)ccc2c1B(O)OC2. The minimum absolute atomic E-state index is 0.00748. The van der Waals surface area contributed by atoms with Crippen LogP contribution in [0.2, 0.25) is 0 Å². The van der Waals surface area contributed by atoms with E-state index in [4.69, 9.17) is 15.1 Å². The molecule has 2 aromatic rings. The highest BCUT2D eigenvalue weighted by molar-refractivity contribution is 6.62. The second-order valence-corrected chi connectivity index (χ2v) is 5.38. The van der Waals surface area contributed by atoms with Crippen LogP contribution < -0.4 is 15.9 Å². The van der Waals surface area contributed by atoms with Crippen molar-refractivity contribution in [1.82, 2.24) is 0 Å². The minimum atomic E-state index is -0.857. The molecule has 0 saturated carbocycles. The third-order valence-corrected chi connectivity index (χ3v) is 3.83. The first kappa shape index (κ1) is 14.1. The summed E-state index contributed by atoms with van der Waals surface area (Å²) in [5.41, 5.74) is 9.64. The van der Waals surface area contributed by atoms with E-state index in [1.54, 1.807) is 0 Å². The molecule has 0 aromatic heterocycles. The summed E-state index contributed by atoms with van der Waals surface area (Å²) in [5.74, 6) is 1.47. The fourth-order valence-electron chi connectivity index (χ4n) is 2.56. The summed E-state index contributed by atoms with van der Waals surface area (Å²) in [6.45, 7) is 4.32. The molecule has 5 heteroatoms. The highest BCUT2D eigenvalue weighted by atomic mass is 16.5. The monoisotopic (exact) mass is 283 g/mol. The van der Waals surface area contributed by atoms with E-state index < -0.39 is 7.12 Å². The zero-order valence-corrected chi connectivity index (χ0v) is 12.2. The van der Waals surface area contributed by atoms with E-state index in [0.717, 1.165) is 33.7 Å². The normalized spacial score (nSPS) is 15.0. The lowest BCUT2D eigenvalue weighted by molar-refractivity contribution is 0.275. The molecule has 1 unspecified atom stereocenters. The van der Waals surface area contributed by atoms with Crippen LogP contribution in [0.4, 0.5) is 0 Å². The number of benzene rings is 2. The highest BCUT2D eigenvalue weighted by Crippen LogP contribution is 2.27. The molecule has 4 nitrogen and oxygen atoms in total. The van der Waals surface area contributed by atoms with Crippen LogP contribution in [0.15, 0.2) is 36.4 Å². The van der Waals surface area contributed by atoms with Crippen LogP contribution in [-0.4, -0.2) is 12.1 Å². The lowest BCUT2D eigenvalue weighted by atomic mass is 9.76. The lowest BCUT2D eigenvalue weighted by Crippen LogP contribution is -2.30. The molecule has 1 atom stereocenters. The van der Waals surface area contributed by atoms with Gasteiger partial charge in [0.15, 0.2) is 0 Å². The third kappa shape index (κ3) is 2.68. The smallest absolute Gasteiger partial charge is 0.457 e. The maximum Gasteiger partial charge on any atom is 0.492 e. The molecular formula is C16H18BNO3. The van der Waals surface area contributed by atoms with Gasteiger partial charge in [0.25, 0.3) is 0 Å². The van der Waals surface area contributed by atoms with Crippen molar-refractivity contribution in [2.24, 2.45) is 5.73 Å². The molecule has 0 radical (unpaired) electrons. The maximum absolute atomic E-state index is 9.86. The van der Waals surface area contributed by atoms with Crippen molar-refractivity contribution < 1.29 is 14.4 Å². The van der Waals surface area contributed by atoms with Crippen molar-refractivity contribution in [3.05, 3.63) is 53.1 Å². The van der Waals surface area contributed by atoms with Gasteiger partial charge >= 0.3 is 7.12 Å². The van der Waals surface area contributed by atoms with E-state index in [2.05, 4.69) is 0 Å². The first-order valence-corrected chi connectivity index (χ1v) is 7.01. The molecule has 1 aliphatic rings. The van der Waals surface area contributed by atoms with Gasteiger partial charge in [0.2, 0.25) is 0 Å². The molecule has 0 amide bonds. The van der Waals surface area contributed by atoms with Crippen LogP contribution >= 0.6 is 0 Å². The van der Waals surface area contributed by atoms with Gasteiger partial charge in [-0.3, -0.25) is 0 Å². The Morgan fingerprint density at radius 1 is 1.24 bits per heavy atom. The molecule has 0 bridgehead atoms. The van der Waals surface area contributed by atoms with E-state index in [1.807, 2.05) is 50.2 Å². The summed E-state index contributed by atoms with van der Waals surface area (Å²) in [5, 5.41) is 9.86. The molecule has 3 rings (SSSR count). The summed E-state index contributed by atoms with van der Waals surface area (Å²) >= 11 is 0. The van der Waals surface area contributed by atoms with Gasteiger partial charge in [-0.1, -0.05) is 18.2 Å². The maximum atomic E-state index is 9.86. The molecule has 3 N–H and O–H groups in total. The Balaban J connectivity index is 1.87. The summed E-state index contributed by atoms with van der Waals surface area (Å²) in [4.78, 5) is 0. The molecule has 0 fully saturated rings. The van der Waals surface area contributed by atoms with E-state index >= 15 is 0 Å². The second-order valence-electron chi connectivity index (χ2n) is 5.38. The summed E-state index contributed by atoms with van der Waals surface area (Å²) < 4.78 is 11.1. The van der Waals surface area contributed by atoms with Crippen molar-refractivity contribution in [2.75, 3.05) is 0 Å². The predicted molar refractivity (Wildman–Crippen MR) is 82.7 cm³/mol. The van der Waals surface area contributed by atoms with Crippen LogP contribution in [0, 0.1) is 6.92 Å². The van der Waals surface area contributed by atoms with Gasteiger partial charge in [-0.25, -0.2) is 0 Å². The van der Waals surface area contributed by atoms with Gasteiger partial charge < -0.3 is 20.1 Å². The van der Waals surface area contributed by atoms with Crippen LogP contribution in [0.3, 0.4) is 0 Å². The average molecular weight is 283 g/mol. The number of hydrogen-bond acceptors (Lipinski definition) is 4. The fraction of sp³-hybridized carbons (Fsp3) is 0.250. The van der Waals surface area contributed by atoms with Crippen LogP contribution in [-0.2, 0) is 11.3 Å². The quantitative estimate of drug-likeness (QED) is 0.846. The van der Waals surface area contributed by atoms with Crippen molar-refractivity contribution in [3.63, 3.8) is 0 Å². The highest BCUT2D eigenvalue weighted by Gasteiger charge is 2.30. The van der Waals surface area contributed by atoms with Crippen molar-refractivity contribution >= 4 is 12.6 Å². The third-order valence-electron chi connectivity index (χ3n) is 3.83. The van der Waals surface area contributed by atoms with Crippen LogP contribution in [0.1, 0.15) is 29.7 Å². The van der Waals surface area contributed by atoms with Crippen molar-refractivity contribution in [2.45, 2.75) is 26.5 Å². The van der Waals surface area contributed by atoms with E-state index in [0.29, 0.717) is 6.61 Å². The molecule has 0 aliphatic carbocycles. The Morgan fingerprint density at radius 3 is 2.62 bits per heavy atom. The topological polar surface area (TPSA) is 64.7 Å². The summed E-state index contributed by atoms with van der Waals surface area (Å²) in [6.07, 6.45) is 0. The van der Waals surface area contributed by atoms with Crippen LogP contribution in [0.5, 0.6) is 11.5 Å². The second kappa shape index (κ2) is 5.52. The number of hydrogen-bond donors (Lipinski definition) is 2. The summed E-state index contributed by atoms with van der Waals surface area (Å²) in [6, 6.07) is 11.6. The van der Waals surface area contributed by atoms with Gasteiger partial charge in [-0.15, -0.1) is 0 Å². The largest absolute Gasteiger partial charge is 0.492 e. The molecule has 2 aromatic carbocycles. The average Bonchev–Trinajstić information content (AvgIpc) is 2.85. The Bertz CT molecular complexity index is 655. The fourth-order valence-corrected chi connectivity index (χ4v) is 2.56. The zero-order valence-electron chi connectivity index (χ0n) is 12.2. The number of ether oxygens (including phenoxy) is 1. The first-order chi connectivity index (χ1) is 10.1. The minimum Gasteiger partial charge on any atom is -0.457 e. The van der Waals surface area contributed by atoms with E-state index in [9.17, 15) is 5.02 Å². The lowest BCUT2D eigenvalue weighted by Gasteiger charge is -2.13. The van der Waals surface area contributed by atoms with Crippen LogP contribution in [0.25, 0.3) is 0 Å². The number of fused-ring (bicyclic) bond motifs is 1. The molecule has 21 heavy (non-hydrogen) atoms. The zero-order chi connectivity index (χ0) is 15.0. The molecule has 0 saturated heterocycles. The molecule has 108 valence electrons. The van der Waals surface area contributed by atoms with Gasteiger partial charge in [0.05, 0.1) is 6.61 Å². The van der Waals surface area contributed by atoms with Gasteiger partial charge in [0.1, 0.15) is 11.5 Å². The predicted octanol–water partition coefficient (Wildman–Crippen LogP) is 2.02. The van der Waals surface area contributed by atoms with Crippen molar-refractivity contribution in [1.29, 1.82) is 0 Å².